The molecule has 0 atom stereocenters. The Balaban J connectivity index is 1.49. The fraction of sp³-hybridized carbons (Fsp3) is 0.174. The lowest BCUT2D eigenvalue weighted by molar-refractivity contribution is 0.0734. The van der Waals surface area contributed by atoms with Crippen molar-refractivity contribution in [2.24, 2.45) is 0 Å². The molecular weight excluding hydrogens is 366 g/mol. The van der Waals surface area contributed by atoms with Crippen molar-refractivity contribution >= 4 is 17.5 Å². The summed E-state index contributed by atoms with van der Waals surface area (Å²) in [4.78, 5) is 31.5. The number of fused-ring (bicyclic) bond motifs is 1. The van der Waals surface area contributed by atoms with E-state index in [-0.39, 0.29) is 11.8 Å². The highest BCUT2D eigenvalue weighted by Gasteiger charge is 2.22. The number of hydrogen-bond acceptors (Lipinski definition) is 4. The van der Waals surface area contributed by atoms with Gasteiger partial charge in [-0.15, -0.1) is 0 Å². The standard InChI is InChI=1S/C23H21N3O3/c1-29-21-8-4-7-20(12-21)25-22(27)18-11-19(14-24-13-18)23(28)26-10-9-16-5-2-3-6-17(16)15-26/h2-8,11-14H,9-10,15H2,1H3,(H,25,27). The van der Waals surface area contributed by atoms with Crippen LogP contribution in [0.25, 0.3) is 0 Å². The predicted octanol–water partition coefficient (Wildman–Crippen LogP) is 3.54. The molecule has 1 aromatic heterocycles. The maximum absolute atomic E-state index is 13.0. The van der Waals surface area contributed by atoms with Crippen molar-refractivity contribution in [3.8, 4) is 5.75 Å². The van der Waals surface area contributed by atoms with Gasteiger partial charge in [-0.2, -0.15) is 0 Å². The molecule has 0 spiro atoms. The number of ether oxygens (including phenoxy) is 1. The second-order valence-electron chi connectivity index (χ2n) is 6.89. The Morgan fingerprint density at radius 1 is 1.00 bits per heavy atom. The number of pyridine rings is 1. The summed E-state index contributed by atoms with van der Waals surface area (Å²) >= 11 is 0. The molecule has 1 N–H and O–H groups in total. The van der Waals surface area contributed by atoms with Crippen LogP contribution in [0.3, 0.4) is 0 Å². The lowest BCUT2D eigenvalue weighted by atomic mass is 9.99. The first kappa shape index (κ1) is 18.7. The number of hydrogen-bond donors (Lipinski definition) is 1. The summed E-state index contributed by atoms with van der Waals surface area (Å²) in [6.45, 7) is 1.21. The van der Waals surface area contributed by atoms with Crippen molar-refractivity contribution in [1.29, 1.82) is 0 Å². The number of amides is 2. The quantitative estimate of drug-likeness (QED) is 0.743. The Bertz CT molecular complexity index is 1060. The maximum Gasteiger partial charge on any atom is 0.257 e. The van der Waals surface area contributed by atoms with Gasteiger partial charge in [0.2, 0.25) is 0 Å². The molecule has 0 aliphatic carbocycles. The van der Waals surface area contributed by atoms with Crippen molar-refractivity contribution in [3.63, 3.8) is 0 Å². The van der Waals surface area contributed by atoms with E-state index in [1.54, 1.807) is 42.3 Å². The highest BCUT2D eigenvalue weighted by Crippen LogP contribution is 2.21. The second kappa shape index (κ2) is 8.14. The number of benzene rings is 2. The van der Waals surface area contributed by atoms with E-state index in [4.69, 9.17) is 4.74 Å². The van der Waals surface area contributed by atoms with Crippen LogP contribution in [0.1, 0.15) is 31.8 Å². The first-order valence-corrected chi connectivity index (χ1v) is 9.40. The molecule has 0 saturated carbocycles. The molecule has 2 aromatic carbocycles. The van der Waals surface area contributed by atoms with E-state index >= 15 is 0 Å². The number of nitrogens with zero attached hydrogens (tertiary/aromatic N) is 2. The van der Waals surface area contributed by atoms with Gasteiger partial charge in [0, 0.05) is 37.2 Å². The van der Waals surface area contributed by atoms with Crippen molar-refractivity contribution in [2.45, 2.75) is 13.0 Å². The van der Waals surface area contributed by atoms with E-state index in [1.165, 1.54) is 18.0 Å². The number of anilines is 1. The Morgan fingerprint density at radius 3 is 2.62 bits per heavy atom. The zero-order chi connectivity index (χ0) is 20.2. The molecule has 146 valence electrons. The van der Waals surface area contributed by atoms with E-state index in [2.05, 4.69) is 16.4 Å². The third kappa shape index (κ3) is 4.11. The largest absolute Gasteiger partial charge is 0.497 e. The van der Waals surface area contributed by atoms with Gasteiger partial charge in [0.15, 0.2) is 0 Å². The first-order chi connectivity index (χ1) is 14.1. The van der Waals surface area contributed by atoms with Gasteiger partial charge in [0.1, 0.15) is 5.75 Å². The van der Waals surface area contributed by atoms with E-state index < -0.39 is 0 Å². The summed E-state index contributed by atoms with van der Waals surface area (Å²) in [6, 6.07) is 16.8. The zero-order valence-corrected chi connectivity index (χ0v) is 16.1. The molecule has 6 heteroatoms. The molecule has 4 rings (SSSR count). The molecule has 6 nitrogen and oxygen atoms in total. The lowest BCUT2D eigenvalue weighted by Crippen LogP contribution is -2.36. The van der Waals surface area contributed by atoms with Crippen LogP contribution in [-0.2, 0) is 13.0 Å². The van der Waals surface area contributed by atoms with E-state index in [9.17, 15) is 9.59 Å². The average molecular weight is 387 g/mol. The van der Waals surface area contributed by atoms with Crippen LogP contribution in [0.4, 0.5) is 5.69 Å². The van der Waals surface area contributed by atoms with Crippen LogP contribution in [-0.4, -0.2) is 35.4 Å². The Kier molecular flexibility index (Phi) is 5.24. The van der Waals surface area contributed by atoms with Gasteiger partial charge in [-0.05, 0) is 35.7 Å². The monoisotopic (exact) mass is 387 g/mol. The molecule has 0 unspecified atom stereocenters. The summed E-state index contributed by atoms with van der Waals surface area (Å²) < 4.78 is 5.17. The molecule has 1 aliphatic rings. The molecule has 2 amide bonds. The van der Waals surface area contributed by atoms with Gasteiger partial charge < -0.3 is 15.0 Å². The highest BCUT2D eigenvalue weighted by molar-refractivity contribution is 6.05. The van der Waals surface area contributed by atoms with Gasteiger partial charge in [0.25, 0.3) is 11.8 Å². The Labute approximate surface area is 169 Å². The van der Waals surface area contributed by atoms with Crippen molar-refractivity contribution in [1.82, 2.24) is 9.88 Å². The summed E-state index contributed by atoms with van der Waals surface area (Å²) in [7, 11) is 1.57. The molecule has 1 aliphatic heterocycles. The van der Waals surface area contributed by atoms with Crippen LogP contribution in [0.2, 0.25) is 0 Å². The van der Waals surface area contributed by atoms with Gasteiger partial charge in [-0.3, -0.25) is 14.6 Å². The number of carbonyl (C=O) groups excluding carboxylic acids is 2. The topological polar surface area (TPSA) is 71.5 Å². The van der Waals surface area contributed by atoms with E-state index in [0.717, 1.165) is 12.0 Å². The Hall–Kier alpha value is -3.67. The van der Waals surface area contributed by atoms with Crippen LogP contribution >= 0.6 is 0 Å². The van der Waals surface area contributed by atoms with Gasteiger partial charge in [0.05, 0.1) is 18.2 Å². The fourth-order valence-corrected chi connectivity index (χ4v) is 3.44. The number of rotatable bonds is 4. The summed E-state index contributed by atoms with van der Waals surface area (Å²) in [5.41, 5.74) is 3.78. The van der Waals surface area contributed by atoms with Crippen LogP contribution < -0.4 is 10.1 Å². The third-order valence-corrected chi connectivity index (χ3v) is 4.99. The van der Waals surface area contributed by atoms with Crippen molar-refractivity contribution < 1.29 is 14.3 Å². The number of methoxy groups -OCH3 is 1. The lowest BCUT2D eigenvalue weighted by Gasteiger charge is -2.28. The summed E-state index contributed by atoms with van der Waals surface area (Å²) in [5.74, 6) is 0.197. The minimum Gasteiger partial charge on any atom is -0.497 e. The number of carbonyl (C=O) groups is 2. The van der Waals surface area contributed by atoms with E-state index in [0.29, 0.717) is 35.7 Å². The van der Waals surface area contributed by atoms with Gasteiger partial charge in [-0.25, -0.2) is 0 Å². The first-order valence-electron chi connectivity index (χ1n) is 9.40. The smallest absolute Gasteiger partial charge is 0.257 e. The zero-order valence-electron chi connectivity index (χ0n) is 16.1. The molecule has 0 fully saturated rings. The van der Waals surface area contributed by atoms with Crippen LogP contribution in [0, 0.1) is 0 Å². The molecular formula is C23H21N3O3. The Morgan fingerprint density at radius 2 is 1.79 bits per heavy atom. The summed E-state index contributed by atoms with van der Waals surface area (Å²) in [5, 5.41) is 2.81. The fourth-order valence-electron chi connectivity index (χ4n) is 3.44. The molecule has 3 aromatic rings. The summed E-state index contributed by atoms with van der Waals surface area (Å²) in [6.07, 6.45) is 3.79. The molecule has 2 heterocycles. The molecule has 0 saturated heterocycles. The van der Waals surface area contributed by atoms with Gasteiger partial charge >= 0.3 is 0 Å². The van der Waals surface area contributed by atoms with Crippen molar-refractivity contribution in [3.05, 3.63) is 89.2 Å². The number of aromatic nitrogens is 1. The molecule has 0 bridgehead atoms. The third-order valence-electron chi connectivity index (χ3n) is 4.99. The molecule has 29 heavy (non-hydrogen) atoms. The minimum absolute atomic E-state index is 0.122. The normalized spacial score (nSPS) is 12.8. The number of nitrogens with one attached hydrogen (secondary N) is 1. The maximum atomic E-state index is 13.0. The second-order valence-corrected chi connectivity index (χ2v) is 6.89. The predicted molar refractivity (Wildman–Crippen MR) is 110 cm³/mol. The molecule has 0 radical (unpaired) electrons. The van der Waals surface area contributed by atoms with Crippen LogP contribution in [0.5, 0.6) is 5.75 Å². The average Bonchev–Trinajstić information content (AvgIpc) is 2.78. The highest BCUT2D eigenvalue weighted by atomic mass is 16.5. The minimum atomic E-state index is -0.329. The van der Waals surface area contributed by atoms with Crippen LogP contribution in [0.15, 0.2) is 67.0 Å². The van der Waals surface area contributed by atoms with Crippen molar-refractivity contribution in [2.75, 3.05) is 19.0 Å². The van der Waals surface area contributed by atoms with Gasteiger partial charge in [-0.1, -0.05) is 30.3 Å². The van der Waals surface area contributed by atoms with E-state index in [1.807, 2.05) is 18.2 Å². The SMILES string of the molecule is COc1cccc(NC(=O)c2cncc(C(=O)N3CCc4ccccc4C3)c2)c1.